The molecule has 0 unspecified atom stereocenters. The number of nitrogens with zero attached hydrogens (tertiary/aromatic N) is 4. The molecule has 0 aromatic carbocycles. The number of anilines is 1. The standard InChI is InChI=1S/C16H25N5O3/c1-11-14(15(18-20(11)4)16(24)19(2)3)17-12(22)7-8-13(23)21-9-5-6-10-21/h5-10H2,1-4H3,(H,17,22). The van der Waals surface area contributed by atoms with E-state index in [2.05, 4.69) is 10.4 Å². The van der Waals surface area contributed by atoms with Gasteiger partial charge in [-0.1, -0.05) is 0 Å². The summed E-state index contributed by atoms with van der Waals surface area (Å²) in [6, 6.07) is 0. The maximum atomic E-state index is 12.2. The predicted molar refractivity (Wildman–Crippen MR) is 89.6 cm³/mol. The van der Waals surface area contributed by atoms with E-state index in [1.54, 1.807) is 37.6 Å². The van der Waals surface area contributed by atoms with Crippen molar-refractivity contribution in [3.05, 3.63) is 11.4 Å². The van der Waals surface area contributed by atoms with Crippen molar-refractivity contribution in [2.75, 3.05) is 32.5 Å². The molecule has 0 bridgehead atoms. The van der Waals surface area contributed by atoms with E-state index in [9.17, 15) is 14.4 Å². The highest BCUT2D eigenvalue weighted by atomic mass is 16.2. The maximum Gasteiger partial charge on any atom is 0.276 e. The third kappa shape index (κ3) is 3.93. The minimum absolute atomic E-state index is 0.00940. The largest absolute Gasteiger partial charge is 0.343 e. The Balaban J connectivity index is 2.00. The quantitative estimate of drug-likeness (QED) is 0.861. The van der Waals surface area contributed by atoms with Crippen molar-refractivity contribution in [2.45, 2.75) is 32.6 Å². The van der Waals surface area contributed by atoms with Gasteiger partial charge in [0.05, 0.1) is 11.4 Å². The van der Waals surface area contributed by atoms with Crippen LogP contribution in [0.2, 0.25) is 0 Å². The van der Waals surface area contributed by atoms with Crippen LogP contribution in [-0.4, -0.2) is 64.5 Å². The first-order valence-corrected chi connectivity index (χ1v) is 8.14. The van der Waals surface area contributed by atoms with Gasteiger partial charge in [-0.05, 0) is 19.8 Å². The number of aromatic nitrogens is 2. The zero-order valence-electron chi connectivity index (χ0n) is 14.8. The number of nitrogens with one attached hydrogen (secondary N) is 1. The van der Waals surface area contributed by atoms with E-state index in [-0.39, 0.29) is 36.3 Å². The lowest BCUT2D eigenvalue weighted by Gasteiger charge is -2.15. The van der Waals surface area contributed by atoms with Crippen molar-refractivity contribution in [3.63, 3.8) is 0 Å². The van der Waals surface area contributed by atoms with Crippen LogP contribution in [0.4, 0.5) is 5.69 Å². The minimum atomic E-state index is -0.286. The molecule has 132 valence electrons. The molecule has 1 aromatic heterocycles. The Morgan fingerprint density at radius 2 is 1.79 bits per heavy atom. The summed E-state index contributed by atoms with van der Waals surface area (Å²) in [6.07, 6.45) is 2.34. The Morgan fingerprint density at radius 1 is 1.17 bits per heavy atom. The minimum Gasteiger partial charge on any atom is -0.343 e. The van der Waals surface area contributed by atoms with Crippen molar-refractivity contribution in [3.8, 4) is 0 Å². The normalized spacial score (nSPS) is 13.9. The summed E-state index contributed by atoms with van der Waals surface area (Å²) in [4.78, 5) is 39.6. The van der Waals surface area contributed by atoms with Gasteiger partial charge in [0.2, 0.25) is 11.8 Å². The number of aryl methyl sites for hydroxylation is 1. The summed E-state index contributed by atoms with van der Waals surface area (Å²) in [5.74, 6) is -0.552. The molecule has 1 aliphatic heterocycles. The summed E-state index contributed by atoms with van der Waals surface area (Å²) < 4.78 is 1.56. The number of carbonyl (C=O) groups is 3. The smallest absolute Gasteiger partial charge is 0.276 e. The predicted octanol–water partition coefficient (Wildman–Crippen LogP) is 0.771. The van der Waals surface area contributed by atoms with Crippen molar-refractivity contribution in [1.82, 2.24) is 19.6 Å². The second kappa shape index (κ2) is 7.46. The van der Waals surface area contributed by atoms with Gasteiger partial charge in [-0.2, -0.15) is 5.10 Å². The first kappa shape index (κ1) is 18.0. The average Bonchev–Trinajstić information content (AvgIpc) is 3.16. The average molecular weight is 335 g/mol. The van der Waals surface area contributed by atoms with Crippen molar-refractivity contribution in [1.29, 1.82) is 0 Å². The van der Waals surface area contributed by atoms with Crippen LogP contribution in [0, 0.1) is 6.92 Å². The molecular formula is C16H25N5O3. The summed E-state index contributed by atoms with van der Waals surface area (Å²) in [7, 11) is 4.98. The Hall–Kier alpha value is -2.38. The van der Waals surface area contributed by atoms with E-state index in [4.69, 9.17) is 0 Å². The van der Waals surface area contributed by atoms with Gasteiger partial charge in [-0.25, -0.2) is 0 Å². The van der Waals surface area contributed by atoms with Gasteiger partial charge in [0.1, 0.15) is 0 Å². The lowest BCUT2D eigenvalue weighted by Crippen LogP contribution is -2.28. The summed E-state index contributed by atoms with van der Waals surface area (Å²) in [6.45, 7) is 3.34. The van der Waals surface area contributed by atoms with E-state index >= 15 is 0 Å². The molecule has 24 heavy (non-hydrogen) atoms. The molecule has 0 saturated carbocycles. The lowest BCUT2D eigenvalue weighted by atomic mass is 10.2. The monoisotopic (exact) mass is 335 g/mol. The molecule has 0 atom stereocenters. The van der Waals surface area contributed by atoms with Crippen LogP contribution in [0.5, 0.6) is 0 Å². The fourth-order valence-corrected chi connectivity index (χ4v) is 2.67. The van der Waals surface area contributed by atoms with Gasteiger partial charge in [0.15, 0.2) is 5.69 Å². The second-order valence-corrected chi connectivity index (χ2v) is 6.27. The highest BCUT2D eigenvalue weighted by molar-refractivity contribution is 6.03. The highest BCUT2D eigenvalue weighted by Gasteiger charge is 2.23. The number of likely N-dealkylation sites (tertiary alicyclic amines) is 1. The topological polar surface area (TPSA) is 87.5 Å². The zero-order valence-corrected chi connectivity index (χ0v) is 14.8. The number of carbonyl (C=O) groups excluding carboxylic acids is 3. The van der Waals surface area contributed by atoms with Gasteiger partial charge >= 0.3 is 0 Å². The molecule has 8 nitrogen and oxygen atoms in total. The molecule has 0 aliphatic carbocycles. The number of hydrogen-bond acceptors (Lipinski definition) is 4. The molecule has 3 amide bonds. The van der Waals surface area contributed by atoms with Gasteiger partial charge in [0.25, 0.3) is 5.91 Å². The van der Waals surface area contributed by atoms with Gasteiger partial charge in [0, 0.05) is 47.1 Å². The summed E-state index contributed by atoms with van der Waals surface area (Å²) in [5, 5.41) is 6.92. The highest BCUT2D eigenvalue weighted by Crippen LogP contribution is 2.21. The molecule has 1 aliphatic rings. The van der Waals surface area contributed by atoms with Crippen LogP contribution in [0.3, 0.4) is 0 Å². The Bertz CT molecular complexity index is 644. The number of amides is 3. The molecule has 1 fully saturated rings. The molecule has 1 aromatic rings. The summed E-state index contributed by atoms with van der Waals surface area (Å²) >= 11 is 0. The van der Waals surface area contributed by atoms with Gasteiger partial charge in [-0.15, -0.1) is 0 Å². The van der Waals surface area contributed by atoms with E-state index < -0.39 is 0 Å². The van der Waals surface area contributed by atoms with E-state index in [1.165, 1.54) is 4.90 Å². The van der Waals surface area contributed by atoms with Crippen LogP contribution in [0.15, 0.2) is 0 Å². The second-order valence-electron chi connectivity index (χ2n) is 6.27. The molecule has 1 saturated heterocycles. The van der Waals surface area contributed by atoms with Gasteiger partial charge in [-0.3, -0.25) is 19.1 Å². The zero-order chi connectivity index (χ0) is 17.9. The Kier molecular flexibility index (Phi) is 5.58. The van der Waals surface area contributed by atoms with Crippen molar-refractivity contribution >= 4 is 23.4 Å². The number of rotatable bonds is 5. The fourth-order valence-electron chi connectivity index (χ4n) is 2.67. The Labute approximate surface area is 141 Å². The third-order valence-corrected chi connectivity index (χ3v) is 4.23. The molecule has 8 heteroatoms. The SMILES string of the molecule is Cc1c(NC(=O)CCC(=O)N2CCCC2)c(C(=O)N(C)C)nn1C. The van der Waals surface area contributed by atoms with Crippen LogP contribution >= 0.6 is 0 Å². The fraction of sp³-hybridized carbons (Fsp3) is 0.625. The van der Waals surface area contributed by atoms with Crippen molar-refractivity contribution < 1.29 is 14.4 Å². The van der Waals surface area contributed by atoms with Crippen LogP contribution < -0.4 is 5.32 Å². The first-order valence-electron chi connectivity index (χ1n) is 8.14. The van der Waals surface area contributed by atoms with Crippen LogP contribution in [-0.2, 0) is 16.6 Å². The van der Waals surface area contributed by atoms with Gasteiger partial charge < -0.3 is 15.1 Å². The summed E-state index contributed by atoms with van der Waals surface area (Å²) in [5.41, 5.74) is 1.31. The van der Waals surface area contributed by atoms with Crippen LogP contribution in [0.25, 0.3) is 0 Å². The molecule has 0 spiro atoms. The molecule has 2 heterocycles. The van der Waals surface area contributed by atoms with E-state index in [0.717, 1.165) is 25.9 Å². The van der Waals surface area contributed by atoms with Crippen LogP contribution in [0.1, 0.15) is 41.9 Å². The lowest BCUT2D eigenvalue weighted by molar-refractivity contribution is -0.131. The van der Waals surface area contributed by atoms with E-state index in [1.807, 2.05) is 0 Å². The van der Waals surface area contributed by atoms with Crippen molar-refractivity contribution in [2.24, 2.45) is 7.05 Å². The molecule has 1 N–H and O–H groups in total. The molecular weight excluding hydrogens is 310 g/mol. The van der Waals surface area contributed by atoms with E-state index in [0.29, 0.717) is 11.4 Å². The molecule has 0 radical (unpaired) electrons. The maximum absolute atomic E-state index is 12.2. The first-order chi connectivity index (χ1) is 11.3. The Morgan fingerprint density at radius 3 is 2.38 bits per heavy atom. The third-order valence-electron chi connectivity index (χ3n) is 4.23. The molecule has 2 rings (SSSR count). The number of hydrogen-bond donors (Lipinski definition) is 1.